The Kier molecular flexibility index (Phi) is 5.48. The summed E-state index contributed by atoms with van der Waals surface area (Å²) in [4.78, 5) is 22.7. The van der Waals surface area contributed by atoms with Crippen molar-refractivity contribution in [1.82, 2.24) is 14.8 Å². The fourth-order valence-corrected chi connectivity index (χ4v) is 3.76. The molecule has 152 valence electrons. The number of nitrogens with zero attached hydrogens (tertiary/aromatic N) is 4. The SMILES string of the molecule is C=CCn1c(SCC(=O)c2ccc([N+](=O)[O-])cc2)nnc1-c1ccc2c(c1)OCO2. The lowest BCUT2D eigenvalue weighted by Crippen LogP contribution is -2.05. The van der Waals surface area contributed by atoms with E-state index in [1.807, 2.05) is 22.8 Å². The molecule has 10 heteroatoms. The normalized spacial score (nSPS) is 12.0. The Bertz CT molecular complexity index is 1130. The number of aromatic nitrogens is 3. The molecular formula is C20H16N4O5S. The number of carbonyl (C=O) groups is 1. The summed E-state index contributed by atoms with van der Waals surface area (Å²) in [5.74, 6) is 1.90. The van der Waals surface area contributed by atoms with Gasteiger partial charge in [-0.1, -0.05) is 17.8 Å². The number of ether oxygens (including phenoxy) is 2. The van der Waals surface area contributed by atoms with Gasteiger partial charge in [-0.05, 0) is 30.3 Å². The van der Waals surface area contributed by atoms with Crippen molar-refractivity contribution in [3.05, 3.63) is 70.8 Å². The minimum atomic E-state index is -0.502. The monoisotopic (exact) mass is 424 g/mol. The predicted molar refractivity (Wildman–Crippen MR) is 110 cm³/mol. The van der Waals surface area contributed by atoms with Crippen molar-refractivity contribution in [3.8, 4) is 22.9 Å². The zero-order valence-corrected chi connectivity index (χ0v) is 16.5. The molecule has 0 aliphatic carbocycles. The number of nitro groups is 1. The van der Waals surface area contributed by atoms with E-state index in [0.29, 0.717) is 34.6 Å². The maximum absolute atomic E-state index is 12.5. The Balaban J connectivity index is 1.52. The van der Waals surface area contributed by atoms with Crippen molar-refractivity contribution >= 4 is 23.2 Å². The summed E-state index contributed by atoms with van der Waals surface area (Å²) < 4.78 is 12.6. The lowest BCUT2D eigenvalue weighted by atomic mass is 10.1. The van der Waals surface area contributed by atoms with Gasteiger partial charge in [0, 0.05) is 29.8 Å². The molecule has 1 aromatic heterocycles. The van der Waals surface area contributed by atoms with Gasteiger partial charge in [0.2, 0.25) is 6.79 Å². The molecule has 2 heterocycles. The maximum Gasteiger partial charge on any atom is 0.269 e. The van der Waals surface area contributed by atoms with Crippen LogP contribution in [0.15, 0.2) is 60.3 Å². The summed E-state index contributed by atoms with van der Waals surface area (Å²) in [5.41, 5.74) is 1.15. The Hall–Kier alpha value is -3.66. The quantitative estimate of drug-likeness (QED) is 0.177. The summed E-state index contributed by atoms with van der Waals surface area (Å²) in [6, 6.07) is 11.1. The van der Waals surface area contributed by atoms with Crippen LogP contribution in [-0.2, 0) is 6.54 Å². The average Bonchev–Trinajstić information content (AvgIpc) is 3.38. The number of ketones is 1. The van der Waals surface area contributed by atoms with E-state index in [1.54, 1.807) is 6.08 Å². The predicted octanol–water partition coefficient (Wildman–Crippen LogP) is 3.74. The minimum Gasteiger partial charge on any atom is -0.454 e. The molecule has 0 saturated heterocycles. The highest BCUT2D eigenvalue weighted by atomic mass is 32.2. The number of benzene rings is 2. The number of Topliss-reactive ketones (excluding diaryl/α,β-unsaturated/α-hetero) is 1. The smallest absolute Gasteiger partial charge is 0.269 e. The lowest BCUT2D eigenvalue weighted by molar-refractivity contribution is -0.384. The van der Waals surface area contributed by atoms with E-state index in [1.165, 1.54) is 36.0 Å². The Labute approximate surface area is 175 Å². The standard InChI is InChI=1S/C20H16N4O5S/c1-2-9-23-19(14-5-8-17-18(10-14)29-12-28-17)21-22-20(23)30-11-16(25)13-3-6-15(7-4-13)24(26)27/h2-8,10H,1,9,11-12H2. The Morgan fingerprint density at radius 3 is 2.70 bits per heavy atom. The third kappa shape index (κ3) is 3.90. The molecule has 1 aliphatic rings. The molecular weight excluding hydrogens is 408 g/mol. The summed E-state index contributed by atoms with van der Waals surface area (Å²) in [6.07, 6.45) is 1.72. The molecule has 0 bridgehead atoms. The largest absolute Gasteiger partial charge is 0.454 e. The van der Waals surface area contributed by atoms with Gasteiger partial charge in [0.25, 0.3) is 5.69 Å². The van der Waals surface area contributed by atoms with Crippen LogP contribution < -0.4 is 9.47 Å². The summed E-state index contributed by atoms with van der Waals surface area (Å²) in [6.45, 7) is 4.43. The first-order valence-corrected chi connectivity index (χ1v) is 9.90. The highest BCUT2D eigenvalue weighted by Crippen LogP contribution is 2.36. The van der Waals surface area contributed by atoms with Crippen molar-refractivity contribution < 1.29 is 19.2 Å². The number of non-ortho nitro benzene ring substituents is 1. The molecule has 0 atom stereocenters. The molecule has 1 aliphatic heterocycles. The highest BCUT2D eigenvalue weighted by molar-refractivity contribution is 7.99. The first-order chi connectivity index (χ1) is 14.6. The van der Waals surface area contributed by atoms with Crippen LogP contribution in [0.25, 0.3) is 11.4 Å². The van der Waals surface area contributed by atoms with Gasteiger partial charge in [-0.15, -0.1) is 16.8 Å². The van der Waals surface area contributed by atoms with Gasteiger partial charge in [-0.25, -0.2) is 0 Å². The van der Waals surface area contributed by atoms with Crippen LogP contribution in [0, 0.1) is 10.1 Å². The van der Waals surface area contributed by atoms with Gasteiger partial charge in [0.15, 0.2) is 28.3 Å². The third-order valence-corrected chi connectivity index (χ3v) is 5.36. The molecule has 0 N–H and O–H groups in total. The van der Waals surface area contributed by atoms with E-state index in [-0.39, 0.29) is 24.0 Å². The van der Waals surface area contributed by atoms with Crippen molar-refractivity contribution in [1.29, 1.82) is 0 Å². The maximum atomic E-state index is 12.5. The third-order valence-electron chi connectivity index (χ3n) is 4.39. The van der Waals surface area contributed by atoms with E-state index in [2.05, 4.69) is 16.8 Å². The molecule has 0 radical (unpaired) electrons. The average molecular weight is 424 g/mol. The number of allylic oxidation sites excluding steroid dienone is 1. The van der Waals surface area contributed by atoms with Gasteiger partial charge in [0.1, 0.15) is 0 Å². The highest BCUT2D eigenvalue weighted by Gasteiger charge is 2.19. The Morgan fingerprint density at radius 1 is 1.20 bits per heavy atom. The number of carbonyl (C=O) groups excluding carboxylic acids is 1. The van der Waals surface area contributed by atoms with Crippen molar-refractivity contribution in [2.24, 2.45) is 0 Å². The summed E-state index contributed by atoms with van der Waals surface area (Å²) >= 11 is 1.24. The van der Waals surface area contributed by atoms with Gasteiger partial charge >= 0.3 is 0 Å². The van der Waals surface area contributed by atoms with E-state index in [9.17, 15) is 14.9 Å². The van der Waals surface area contributed by atoms with Crippen LogP contribution in [-0.4, -0.2) is 38.0 Å². The van der Waals surface area contributed by atoms with Crippen LogP contribution in [0.5, 0.6) is 11.5 Å². The molecule has 0 saturated carbocycles. The first-order valence-electron chi connectivity index (χ1n) is 8.91. The van der Waals surface area contributed by atoms with Gasteiger partial charge in [-0.2, -0.15) is 0 Å². The van der Waals surface area contributed by atoms with Gasteiger partial charge in [0.05, 0.1) is 10.7 Å². The molecule has 0 fully saturated rings. The van der Waals surface area contributed by atoms with E-state index < -0.39 is 4.92 Å². The van der Waals surface area contributed by atoms with Gasteiger partial charge < -0.3 is 9.47 Å². The van der Waals surface area contributed by atoms with E-state index in [4.69, 9.17) is 9.47 Å². The van der Waals surface area contributed by atoms with Crippen molar-refractivity contribution in [2.45, 2.75) is 11.7 Å². The first kappa shape index (κ1) is 19.6. The summed E-state index contributed by atoms with van der Waals surface area (Å²) in [5, 5.41) is 19.8. The molecule has 0 amide bonds. The minimum absolute atomic E-state index is 0.0571. The molecule has 9 nitrogen and oxygen atoms in total. The zero-order valence-electron chi connectivity index (χ0n) is 15.7. The molecule has 2 aromatic carbocycles. The van der Waals surface area contributed by atoms with Crippen LogP contribution in [0.1, 0.15) is 10.4 Å². The Morgan fingerprint density at radius 2 is 1.97 bits per heavy atom. The van der Waals surface area contributed by atoms with E-state index >= 15 is 0 Å². The fourth-order valence-electron chi connectivity index (χ4n) is 2.92. The van der Waals surface area contributed by atoms with Crippen molar-refractivity contribution in [3.63, 3.8) is 0 Å². The van der Waals surface area contributed by atoms with Crippen LogP contribution in [0.3, 0.4) is 0 Å². The number of fused-ring (bicyclic) bond motifs is 1. The molecule has 4 rings (SSSR count). The molecule has 3 aromatic rings. The second-order valence-corrected chi connectivity index (χ2v) is 7.23. The molecule has 30 heavy (non-hydrogen) atoms. The number of hydrogen-bond acceptors (Lipinski definition) is 8. The topological polar surface area (TPSA) is 109 Å². The molecule has 0 spiro atoms. The zero-order chi connectivity index (χ0) is 21.1. The van der Waals surface area contributed by atoms with E-state index in [0.717, 1.165) is 5.56 Å². The fraction of sp³-hybridized carbons (Fsp3) is 0.150. The van der Waals surface area contributed by atoms with Crippen LogP contribution in [0.4, 0.5) is 5.69 Å². The van der Waals surface area contributed by atoms with Gasteiger partial charge in [-0.3, -0.25) is 19.5 Å². The number of rotatable bonds is 8. The number of hydrogen-bond donors (Lipinski definition) is 0. The van der Waals surface area contributed by atoms with Crippen LogP contribution >= 0.6 is 11.8 Å². The van der Waals surface area contributed by atoms with Crippen molar-refractivity contribution in [2.75, 3.05) is 12.5 Å². The second-order valence-electron chi connectivity index (χ2n) is 6.29. The van der Waals surface area contributed by atoms with Crippen LogP contribution in [0.2, 0.25) is 0 Å². The lowest BCUT2D eigenvalue weighted by Gasteiger charge is -2.08. The second kappa shape index (κ2) is 8.37. The number of nitro benzene ring substituents is 1. The summed E-state index contributed by atoms with van der Waals surface area (Å²) in [7, 11) is 0. The number of thioether (sulfide) groups is 1. The molecule has 0 unspecified atom stereocenters.